The Morgan fingerprint density at radius 3 is 2.84 bits per heavy atom. The molecule has 1 fully saturated rings. The van der Waals surface area contributed by atoms with Crippen LogP contribution in [0.4, 0.5) is 5.69 Å². The molecule has 104 valence electrons. The number of benzene rings is 1. The number of amides is 1. The molecule has 1 aliphatic rings. The number of anilines is 1. The predicted molar refractivity (Wildman–Crippen MR) is 79.6 cm³/mol. The van der Waals surface area contributed by atoms with Gasteiger partial charge in [0.15, 0.2) is 0 Å². The number of carbonyl (C=O) groups is 1. The molecule has 0 spiro atoms. The summed E-state index contributed by atoms with van der Waals surface area (Å²) >= 11 is 0. The lowest BCUT2D eigenvalue weighted by Gasteiger charge is -2.12. The van der Waals surface area contributed by atoms with Crippen molar-refractivity contribution >= 4 is 11.6 Å². The zero-order chi connectivity index (χ0) is 13.7. The third kappa shape index (κ3) is 4.27. The van der Waals surface area contributed by atoms with Gasteiger partial charge in [-0.3, -0.25) is 4.79 Å². The van der Waals surface area contributed by atoms with Crippen LogP contribution in [0.2, 0.25) is 0 Å². The topological polar surface area (TPSA) is 41.1 Å². The van der Waals surface area contributed by atoms with Crippen molar-refractivity contribution in [2.45, 2.75) is 39.5 Å². The highest BCUT2D eigenvalue weighted by atomic mass is 16.1. The van der Waals surface area contributed by atoms with E-state index in [0.29, 0.717) is 0 Å². The van der Waals surface area contributed by atoms with Gasteiger partial charge in [-0.1, -0.05) is 24.5 Å². The number of carbonyl (C=O) groups excluding carboxylic acids is 1. The van der Waals surface area contributed by atoms with Gasteiger partial charge in [-0.2, -0.15) is 0 Å². The highest BCUT2D eigenvalue weighted by Gasteiger charge is 2.20. The summed E-state index contributed by atoms with van der Waals surface area (Å²) in [6.07, 6.45) is 5.12. The highest BCUT2D eigenvalue weighted by molar-refractivity contribution is 5.99. The lowest BCUT2D eigenvalue weighted by atomic mass is 10.1. The van der Waals surface area contributed by atoms with Crippen LogP contribution in [0, 0.1) is 12.8 Å². The maximum atomic E-state index is 12.2. The summed E-state index contributed by atoms with van der Waals surface area (Å²) in [6.45, 7) is 5.66. The van der Waals surface area contributed by atoms with Crippen LogP contribution in [-0.4, -0.2) is 19.0 Å². The van der Waals surface area contributed by atoms with E-state index in [1.165, 1.54) is 19.3 Å². The molecule has 0 unspecified atom stereocenters. The van der Waals surface area contributed by atoms with Gasteiger partial charge < -0.3 is 10.6 Å². The maximum absolute atomic E-state index is 12.2. The largest absolute Gasteiger partial charge is 0.385 e. The van der Waals surface area contributed by atoms with E-state index in [9.17, 15) is 4.79 Å². The monoisotopic (exact) mass is 260 g/mol. The fraction of sp³-hybridized carbons (Fsp3) is 0.562. The van der Waals surface area contributed by atoms with Gasteiger partial charge >= 0.3 is 0 Å². The lowest BCUT2D eigenvalue weighted by molar-refractivity contribution is 0.0953. The van der Waals surface area contributed by atoms with Crippen LogP contribution < -0.4 is 10.6 Å². The second-order valence-electron chi connectivity index (χ2n) is 5.42. The highest BCUT2D eigenvalue weighted by Crippen LogP contribution is 2.33. The van der Waals surface area contributed by atoms with E-state index in [4.69, 9.17) is 0 Å². The van der Waals surface area contributed by atoms with E-state index in [1.807, 2.05) is 32.0 Å². The Hall–Kier alpha value is -1.51. The van der Waals surface area contributed by atoms with Crippen molar-refractivity contribution in [1.82, 2.24) is 5.32 Å². The normalized spacial score (nSPS) is 14.2. The van der Waals surface area contributed by atoms with Crippen LogP contribution in [-0.2, 0) is 0 Å². The molecule has 1 aromatic rings. The van der Waals surface area contributed by atoms with Crippen LogP contribution in [0.15, 0.2) is 18.2 Å². The molecular weight excluding hydrogens is 236 g/mol. The van der Waals surface area contributed by atoms with Crippen LogP contribution in [0.3, 0.4) is 0 Å². The molecule has 0 heterocycles. The fourth-order valence-corrected chi connectivity index (χ4v) is 2.28. The van der Waals surface area contributed by atoms with Crippen molar-refractivity contribution in [3.63, 3.8) is 0 Å². The van der Waals surface area contributed by atoms with Crippen LogP contribution in [0.1, 0.15) is 48.5 Å². The van der Waals surface area contributed by atoms with E-state index in [1.54, 1.807) is 0 Å². The molecule has 2 rings (SSSR count). The van der Waals surface area contributed by atoms with Crippen LogP contribution in [0.5, 0.6) is 0 Å². The Balaban J connectivity index is 1.90. The first-order chi connectivity index (χ1) is 9.20. The zero-order valence-electron chi connectivity index (χ0n) is 12.0. The summed E-state index contributed by atoms with van der Waals surface area (Å²) in [6, 6.07) is 5.97. The average molecular weight is 260 g/mol. The van der Waals surface area contributed by atoms with Crippen molar-refractivity contribution in [1.29, 1.82) is 0 Å². The Bertz CT molecular complexity index is 438. The number of aryl methyl sites for hydroxylation is 1. The van der Waals surface area contributed by atoms with Crippen molar-refractivity contribution in [2.75, 3.05) is 18.4 Å². The third-order valence-electron chi connectivity index (χ3n) is 3.56. The van der Waals surface area contributed by atoms with Gasteiger partial charge in [0.2, 0.25) is 0 Å². The van der Waals surface area contributed by atoms with Crippen molar-refractivity contribution in [3.8, 4) is 0 Å². The molecule has 19 heavy (non-hydrogen) atoms. The minimum atomic E-state index is 0.0375. The second kappa shape index (κ2) is 6.60. The molecular formula is C16H24N2O. The van der Waals surface area contributed by atoms with E-state index in [-0.39, 0.29) is 5.91 Å². The molecule has 3 heteroatoms. The number of hydrogen-bond acceptors (Lipinski definition) is 2. The summed E-state index contributed by atoms with van der Waals surface area (Å²) in [5.74, 6) is 0.976. The number of rotatable bonds is 7. The van der Waals surface area contributed by atoms with E-state index in [2.05, 4.69) is 10.6 Å². The van der Waals surface area contributed by atoms with Gasteiger partial charge in [0.1, 0.15) is 0 Å². The first-order valence-corrected chi connectivity index (χ1v) is 7.33. The summed E-state index contributed by atoms with van der Waals surface area (Å²) < 4.78 is 0. The molecule has 0 bridgehead atoms. The minimum Gasteiger partial charge on any atom is -0.385 e. The van der Waals surface area contributed by atoms with Gasteiger partial charge in [0.25, 0.3) is 5.91 Å². The smallest absolute Gasteiger partial charge is 0.253 e. The number of nitrogens with one attached hydrogen (secondary N) is 2. The quantitative estimate of drug-likeness (QED) is 0.738. The first-order valence-electron chi connectivity index (χ1n) is 7.33. The molecule has 0 saturated heterocycles. The van der Waals surface area contributed by atoms with Gasteiger partial charge in [0.05, 0.1) is 5.56 Å². The van der Waals surface area contributed by atoms with Crippen molar-refractivity contribution < 1.29 is 4.79 Å². The van der Waals surface area contributed by atoms with Gasteiger partial charge in [-0.05, 0) is 44.7 Å². The minimum absolute atomic E-state index is 0.0375. The lowest BCUT2D eigenvalue weighted by Crippen LogP contribution is -2.25. The molecule has 1 saturated carbocycles. The SMILES string of the molecule is CCNc1ccc(C)cc1C(=O)NCCCC1CC1. The first kappa shape index (κ1) is 13.9. The summed E-state index contributed by atoms with van der Waals surface area (Å²) in [5, 5.41) is 6.27. The number of hydrogen-bond donors (Lipinski definition) is 2. The summed E-state index contributed by atoms with van der Waals surface area (Å²) in [7, 11) is 0. The fourth-order valence-electron chi connectivity index (χ4n) is 2.28. The van der Waals surface area contributed by atoms with Gasteiger partial charge in [-0.15, -0.1) is 0 Å². The molecule has 1 amide bonds. The molecule has 0 aliphatic heterocycles. The molecule has 1 aliphatic carbocycles. The molecule has 0 radical (unpaired) electrons. The Morgan fingerprint density at radius 1 is 1.37 bits per heavy atom. The molecule has 3 nitrogen and oxygen atoms in total. The summed E-state index contributed by atoms with van der Waals surface area (Å²) in [5.41, 5.74) is 2.80. The summed E-state index contributed by atoms with van der Waals surface area (Å²) in [4.78, 5) is 12.2. The molecule has 2 N–H and O–H groups in total. The Labute approximate surface area is 115 Å². The Kier molecular flexibility index (Phi) is 4.83. The van der Waals surface area contributed by atoms with Crippen molar-refractivity contribution in [2.24, 2.45) is 5.92 Å². The van der Waals surface area contributed by atoms with E-state index >= 15 is 0 Å². The molecule has 0 aromatic heterocycles. The zero-order valence-corrected chi connectivity index (χ0v) is 12.0. The average Bonchev–Trinajstić information content (AvgIpc) is 3.21. The van der Waals surface area contributed by atoms with Gasteiger partial charge in [0, 0.05) is 18.8 Å². The van der Waals surface area contributed by atoms with E-state index < -0.39 is 0 Å². The standard InChI is InChI=1S/C16H24N2O/c1-3-17-15-9-6-12(2)11-14(15)16(19)18-10-4-5-13-7-8-13/h6,9,11,13,17H,3-5,7-8,10H2,1-2H3,(H,18,19). The van der Waals surface area contributed by atoms with E-state index in [0.717, 1.165) is 42.2 Å². The van der Waals surface area contributed by atoms with Crippen LogP contribution in [0.25, 0.3) is 0 Å². The molecule has 1 aromatic carbocycles. The van der Waals surface area contributed by atoms with Crippen LogP contribution >= 0.6 is 0 Å². The van der Waals surface area contributed by atoms with Gasteiger partial charge in [-0.25, -0.2) is 0 Å². The third-order valence-corrected chi connectivity index (χ3v) is 3.56. The maximum Gasteiger partial charge on any atom is 0.253 e. The predicted octanol–water partition coefficient (Wildman–Crippen LogP) is 3.35. The molecule has 0 atom stereocenters. The van der Waals surface area contributed by atoms with Crippen molar-refractivity contribution in [3.05, 3.63) is 29.3 Å². The second-order valence-corrected chi connectivity index (χ2v) is 5.42. The Morgan fingerprint density at radius 2 is 2.16 bits per heavy atom.